The number of fused-ring (bicyclic) bond motifs is 1. The minimum absolute atomic E-state index is 0.0942. The summed E-state index contributed by atoms with van der Waals surface area (Å²) in [5.41, 5.74) is 0.965. The van der Waals surface area contributed by atoms with Crippen molar-refractivity contribution in [3.63, 3.8) is 0 Å². The van der Waals surface area contributed by atoms with Crippen molar-refractivity contribution in [2.24, 2.45) is 0 Å². The van der Waals surface area contributed by atoms with Gasteiger partial charge >= 0.3 is 0 Å². The van der Waals surface area contributed by atoms with Crippen LogP contribution in [0.2, 0.25) is 0 Å². The third-order valence-electron chi connectivity index (χ3n) is 3.66. The van der Waals surface area contributed by atoms with Crippen molar-refractivity contribution in [3.8, 4) is 22.4 Å². The first-order valence-electron chi connectivity index (χ1n) is 8.37. The zero-order valence-corrected chi connectivity index (χ0v) is 16.7. The van der Waals surface area contributed by atoms with Crippen LogP contribution in [-0.4, -0.2) is 19.9 Å². The topological polar surface area (TPSA) is 42.2 Å². The molecule has 0 aromatic carbocycles. The molecule has 0 unspecified atom stereocenters. The molecule has 0 aliphatic carbocycles. The molecule has 1 N–H and O–H groups in total. The molecule has 0 aliphatic heterocycles. The Labute approximate surface area is 164 Å². The Hall–Kier alpha value is -2.69. The number of thiazole rings is 1. The lowest BCUT2D eigenvalue weighted by molar-refractivity contribution is 0.617. The number of anilines is 1. The Bertz CT molecular complexity index is 1170. The summed E-state index contributed by atoms with van der Waals surface area (Å²) in [6.45, 7) is 6.36. The number of halogens is 1. The predicted molar refractivity (Wildman–Crippen MR) is 110 cm³/mol. The van der Waals surface area contributed by atoms with Crippen molar-refractivity contribution in [1.29, 1.82) is 0 Å². The van der Waals surface area contributed by atoms with Crippen LogP contribution in [0.1, 0.15) is 31.3 Å². The maximum Gasteiger partial charge on any atom is 0.195 e. The summed E-state index contributed by atoms with van der Waals surface area (Å²) >= 11 is 3.13. The van der Waals surface area contributed by atoms with Crippen molar-refractivity contribution >= 4 is 33.5 Å². The Morgan fingerprint density at radius 3 is 2.81 bits per heavy atom. The number of aromatic nitrogens is 3. The van der Waals surface area contributed by atoms with E-state index in [4.69, 9.17) is 4.98 Å². The first kappa shape index (κ1) is 17.7. The van der Waals surface area contributed by atoms with E-state index in [0.717, 1.165) is 26.2 Å². The number of hydrogen-bond acceptors (Lipinski definition) is 5. The van der Waals surface area contributed by atoms with Gasteiger partial charge in [0.15, 0.2) is 10.8 Å². The zero-order valence-electron chi connectivity index (χ0n) is 15.1. The third kappa shape index (κ3) is 3.72. The largest absolute Gasteiger partial charge is 0.365 e. The molecular weight excluding hydrogens is 379 g/mol. The molecular formula is C20H17FN4S2. The predicted octanol–water partition coefficient (Wildman–Crippen LogP) is 5.27. The molecule has 0 aliphatic rings. The molecule has 0 fully saturated rings. The number of rotatable bonds is 2. The van der Waals surface area contributed by atoms with E-state index in [0.29, 0.717) is 0 Å². The lowest BCUT2D eigenvalue weighted by atomic mass is 10.1. The Morgan fingerprint density at radius 1 is 1.19 bits per heavy atom. The standard InChI is InChI=1S/C20H17FN4S2/c1-20(2,3)24-18-17(23-19-25(18)11-12-26-19)16-9-7-13(27-16)6-8-15-14(21)5-4-10-22-15/h4-5,7,9-12,24H,1-3H3. The smallest absolute Gasteiger partial charge is 0.195 e. The van der Waals surface area contributed by atoms with Crippen LogP contribution in [0.4, 0.5) is 10.2 Å². The van der Waals surface area contributed by atoms with Crippen LogP contribution in [0, 0.1) is 17.7 Å². The van der Waals surface area contributed by atoms with Gasteiger partial charge in [-0.2, -0.15) is 0 Å². The van der Waals surface area contributed by atoms with Crippen LogP contribution >= 0.6 is 22.7 Å². The van der Waals surface area contributed by atoms with Gasteiger partial charge in [0, 0.05) is 23.3 Å². The van der Waals surface area contributed by atoms with Gasteiger partial charge in [0.25, 0.3) is 0 Å². The van der Waals surface area contributed by atoms with Gasteiger partial charge in [-0.1, -0.05) is 0 Å². The van der Waals surface area contributed by atoms with Crippen LogP contribution < -0.4 is 5.32 Å². The summed E-state index contributed by atoms with van der Waals surface area (Å²) in [5, 5.41) is 5.57. The highest BCUT2D eigenvalue weighted by Gasteiger charge is 2.20. The summed E-state index contributed by atoms with van der Waals surface area (Å²) in [5.74, 6) is 6.36. The number of nitrogens with one attached hydrogen (secondary N) is 1. The monoisotopic (exact) mass is 396 g/mol. The highest BCUT2D eigenvalue weighted by Crippen LogP contribution is 2.36. The second-order valence-electron chi connectivity index (χ2n) is 6.99. The highest BCUT2D eigenvalue weighted by molar-refractivity contribution is 7.16. The molecule has 4 nitrogen and oxygen atoms in total. The molecule has 0 amide bonds. The Balaban J connectivity index is 1.71. The lowest BCUT2D eigenvalue weighted by Crippen LogP contribution is -2.27. The normalized spacial score (nSPS) is 11.4. The molecule has 7 heteroatoms. The minimum Gasteiger partial charge on any atom is -0.365 e. The lowest BCUT2D eigenvalue weighted by Gasteiger charge is -2.22. The van der Waals surface area contributed by atoms with Crippen LogP contribution in [-0.2, 0) is 0 Å². The van der Waals surface area contributed by atoms with E-state index in [1.54, 1.807) is 17.4 Å². The third-order valence-corrected chi connectivity index (χ3v) is 5.42. The summed E-state index contributed by atoms with van der Waals surface area (Å²) in [6, 6.07) is 6.85. The van der Waals surface area contributed by atoms with E-state index in [9.17, 15) is 4.39 Å². The van der Waals surface area contributed by atoms with Crippen LogP contribution in [0.15, 0.2) is 42.0 Å². The van der Waals surface area contributed by atoms with Crippen LogP contribution in [0.3, 0.4) is 0 Å². The quantitative estimate of drug-likeness (QED) is 0.470. The van der Waals surface area contributed by atoms with Gasteiger partial charge in [0.2, 0.25) is 0 Å². The average molecular weight is 397 g/mol. The van der Waals surface area contributed by atoms with E-state index in [2.05, 4.69) is 47.3 Å². The number of pyridine rings is 1. The van der Waals surface area contributed by atoms with E-state index < -0.39 is 5.82 Å². The van der Waals surface area contributed by atoms with E-state index in [1.807, 2.05) is 23.7 Å². The van der Waals surface area contributed by atoms with Gasteiger partial charge in [-0.25, -0.2) is 14.4 Å². The van der Waals surface area contributed by atoms with Gasteiger partial charge in [0.1, 0.15) is 17.2 Å². The molecule has 4 rings (SSSR count). The van der Waals surface area contributed by atoms with Crippen LogP contribution in [0.5, 0.6) is 0 Å². The highest BCUT2D eigenvalue weighted by atomic mass is 32.1. The molecule has 0 saturated carbocycles. The van der Waals surface area contributed by atoms with Gasteiger partial charge < -0.3 is 5.32 Å². The number of nitrogens with zero attached hydrogens (tertiary/aromatic N) is 3. The van der Waals surface area contributed by atoms with Gasteiger partial charge in [-0.05, 0) is 56.9 Å². The fraction of sp³-hybridized carbons (Fsp3) is 0.200. The first-order valence-corrected chi connectivity index (χ1v) is 10.1. The molecule has 0 atom stereocenters. The maximum atomic E-state index is 13.7. The number of hydrogen-bond donors (Lipinski definition) is 1. The molecule has 27 heavy (non-hydrogen) atoms. The molecule has 0 bridgehead atoms. The van der Waals surface area contributed by atoms with Gasteiger partial charge in [0.05, 0.1) is 9.75 Å². The van der Waals surface area contributed by atoms with Gasteiger partial charge in [-0.15, -0.1) is 22.7 Å². The molecule has 4 heterocycles. The number of thiophene rings is 1. The average Bonchev–Trinajstić information content (AvgIpc) is 3.30. The Kier molecular flexibility index (Phi) is 4.46. The Morgan fingerprint density at radius 2 is 2.04 bits per heavy atom. The fourth-order valence-electron chi connectivity index (χ4n) is 2.56. The zero-order chi connectivity index (χ0) is 19.0. The van der Waals surface area contributed by atoms with Crippen molar-refractivity contribution in [2.75, 3.05) is 5.32 Å². The summed E-state index contributed by atoms with van der Waals surface area (Å²) < 4.78 is 15.7. The molecule has 0 saturated heterocycles. The maximum absolute atomic E-state index is 13.7. The molecule has 0 spiro atoms. The second kappa shape index (κ2) is 6.80. The molecule has 0 radical (unpaired) electrons. The summed E-state index contributed by atoms with van der Waals surface area (Å²) in [6.07, 6.45) is 3.55. The van der Waals surface area contributed by atoms with Crippen molar-refractivity contribution < 1.29 is 4.39 Å². The van der Waals surface area contributed by atoms with E-state index in [-0.39, 0.29) is 11.2 Å². The molecule has 4 aromatic heterocycles. The summed E-state index contributed by atoms with van der Waals surface area (Å²) in [7, 11) is 0. The molecule has 4 aromatic rings. The van der Waals surface area contributed by atoms with Gasteiger partial charge in [-0.3, -0.25) is 4.40 Å². The number of imidazole rings is 1. The van der Waals surface area contributed by atoms with E-state index in [1.165, 1.54) is 23.6 Å². The van der Waals surface area contributed by atoms with Crippen molar-refractivity contribution in [1.82, 2.24) is 14.4 Å². The van der Waals surface area contributed by atoms with Crippen molar-refractivity contribution in [2.45, 2.75) is 26.3 Å². The second-order valence-corrected chi connectivity index (χ2v) is 8.94. The minimum atomic E-state index is -0.409. The van der Waals surface area contributed by atoms with Crippen LogP contribution in [0.25, 0.3) is 15.5 Å². The summed E-state index contributed by atoms with van der Waals surface area (Å²) in [4.78, 5) is 11.5. The SMILES string of the molecule is CC(C)(C)Nc1c(-c2ccc(C#Cc3ncccc3F)s2)nc2sccn12. The van der Waals surface area contributed by atoms with Crippen molar-refractivity contribution in [3.05, 3.63) is 58.4 Å². The molecule has 136 valence electrons. The van der Waals surface area contributed by atoms with E-state index >= 15 is 0 Å². The first-order chi connectivity index (χ1) is 12.9. The fourth-order valence-corrected chi connectivity index (χ4v) is 4.13.